The fraction of sp³-hybridized carbons (Fsp3) is 0.636. The lowest BCUT2D eigenvalue weighted by atomic mass is 10.1. The van der Waals surface area contributed by atoms with E-state index in [0.717, 1.165) is 25.3 Å². The quantitative estimate of drug-likeness (QED) is 0.821. The molecule has 6 heteroatoms. The number of carbonyl (C=O) groups excluding carboxylic acids is 1. The highest BCUT2D eigenvalue weighted by molar-refractivity contribution is 5.88. The van der Waals surface area contributed by atoms with E-state index in [0.29, 0.717) is 18.3 Å². The van der Waals surface area contributed by atoms with Gasteiger partial charge in [-0.25, -0.2) is 4.79 Å². The van der Waals surface area contributed by atoms with E-state index < -0.39 is 0 Å². The number of hydrogen-bond acceptors (Lipinski definition) is 3. The maximum Gasteiger partial charge on any atom is 0.320 e. The van der Waals surface area contributed by atoms with Crippen molar-refractivity contribution in [2.24, 2.45) is 13.0 Å². The maximum atomic E-state index is 11.6. The summed E-state index contributed by atoms with van der Waals surface area (Å²) in [6.07, 6.45) is 1.02. The number of nitrogens with one attached hydrogen (secondary N) is 2. The molecule has 0 aromatic carbocycles. The van der Waals surface area contributed by atoms with Gasteiger partial charge in [0.2, 0.25) is 0 Å². The van der Waals surface area contributed by atoms with E-state index >= 15 is 0 Å². The van der Waals surface area contributed by atoms with E-state index in [-0.39, 0.29) is 6.03 Å². The molecule has 2 rings (SSSR count). The fourth-order valence-electron chi connectivity index (χ4n) is 1.87. The average Bonchev–Trinajstić information content (AvgIpc) is 2.87. The Morgan fingerprint density at radius 2 is 2.53 bits per heavy atom. The van der Waals surface area contributed by atoms with Crippen LogP contribution in [0.25, 0.3) is 0 Å². The third-order valence-electron chi connectivity index (χ3n) is 2.82. The Labute approximate surface area is 100 Å². The molecule has 1 aromatic rings. The summed E-state index contributed by atoms with van der Waals surface area (Å²) in [5.41, 5.74) is 0.881. The van der Waals surface area contributed by atoms with Gasteiger partial charge >= 0.3 is 6.03 Å². The SMILES string of the molecule is Cc1cc(NC(=O)NC[C@@H]2CCOC2)n(C)n1. The number of amides is 2. The Balaban J connectivity index is 1.78. The van der Waals surface area contributed by atoms with Crippen LogP contribution in [0.3, 0.4) is 0 Å². The molecule has 1 aliphatic heterocycles. The molecule has 0 aliphatic carbocycles. The van der Waals surface area contributed by atoms with Gasteiger partial charge in [0.15, 0.2) is 0 Å². The molecule has 1 aromatic heterocycles. The van der Waals surface area contributed by atoms with Crippen molar-refractivity contribution >= 4 is 11.8 Å². The first-order valence-corrected chi connectivity index (χ1v) is 5.78. The van der Waals surface area contributed by atoms with Crippen molar-refractivity contribution in [1.29, 1.82) is 0 Å². The van der Waals surface area contributed by atoms with Crippen LogP contribution in [0.1, 0.15) is 12.1 Å². The van der Waals surface area contributed by atoms with E-state index in [9.17, 15) is 4.79 Å². The summed E-state index contributed by atoms with van der Waals surface area (Å²) in [6, 6.07) is 1.64. The maximum absolute atomic E-state index is 11.6. The normalized spacial score (nSPS) is 19.3. The molecule has 0 spiro atoms. The largest absolute Gasteiger partial charge is 0.381 e. The lowest BCUT2D eigenvalue weighted by Gasteiger charge is -2.10. The lowest BCUT2D eigenvalue weighted by molar-refractivity contribution is 0.185. The molecule has 2 heterocycles. The van der Waals surface area contributed by atoms with E-state index in [1.807, 2.05) is 13.0 Å². The molecule has 1 aliphatic rings. The minimum atomic E-state index is -0.195. The van der Waals surface area contributed by atoms with Gasteiger partial charge in [0.25, 0.3) is 0 Å². The molecule has 1 saturated heterocycles. The van der Waals surface area contributed by atoms with Crippen molar-refractivity contribution in [2.45, 2.75) is 13.3 Å². The number of nitrogens with zero attached hydrogens (tertiary/aromatic N) is 2. The highest BCUT2D eigenvalue weighted by atomic mass is 16.5. The third kappa shape index (κ3) is 3.20. The Morgan fingerprint density at radius 1 is 1.71 bits per heavy atom. The van der Waals surface area contributed by atoms with Crippen LogP contribution >= 0.6 is 0 Å². The molecule has 0 saturated carbocycles. The molecule has 0 bridgehead atoms. The van der Waals surface area contributed by atoms with E-state index in [4.69, 9.17) is 4.74 Å². The van der Waals surface area contributed by atoms with Crippen LogP contribution in [-0.2, 0) is 11.8 Å². The molecule has 2 N–H and O–H groups in total. The molecule has 2 amide bonds. The summed E-state index contributed by atoms with van der Waals surface area (Å²) in [5, 5.41) is 9.76. The molecule has 1 atom stereocenters. The topological polar surface area (TPSA) is 68.2 Å². The van der Waals surface area contributed by atoms with Gasteiger partial charge in [-0.1, -0.05) is 0 Å². The Bertz CT molecular complexity index is 396. The van der Waals surface area contributed by atoms with Crippen LogP contribution in [-0.4, -0.2) is 35.6 Å². The van der Waals surface area contributed by atoms with Gasteiger partial charge in [0, 0.05) is 32.2 Å². The first-order chi connectivity index (χ1) is 8.15. The highest BCUT2D eigenvalue weighted by Gasteiger charge is 2.16. The molecule has 1 fully saturated rings. The predicted octanol–water partition coefficient (Wildman–Crippen LogP) is 0.887. The monoisotopic (exact) mass is 238 g/mol. The van der Waals surface area contributed by atoms with Crippen molar-refractivity contribution in [2.75, 3.05) is 25.1 Å². The Kier molecular flexibility index (Phi) is 3.63. The zero-order valence-electron chi connectivity index (χ0n) is 10.2. The van der Waals surface area contributed by atoms with Crippen LogP contribution in [0.2, 0.25) is 0 Å². The number of urea groups is 1. The van der Waals surface area contributed by atoms with Crippen molar-refractivity contribution in [3.05, 3.63) is 11.8 Å². The van der Waals surface area contributed by atoms with Gasteiger partial charge < -0.3 is 10.1 Å². The molecule has 6 nitrogen and oxygen atoms in total. The second-order valence-electron chi connectivity index (χ2n) is 4.36. The summed E-state index contributed by atoms with van der Waals surface area (Å²) in [4.78, 5) is 11.6. The lowest BCUT2D eigenvalue weighted by Crippen LogP contribution is -2.33. The second kappa shape index (κ2) is 5.18. The van der Waals surface area contributed by atoms with Crippen molar-refractivity contribution in [3.8, 4) is 0 Å². The van der Waals surface area contributed by atoms with Crippen LogP contribution in [0, 0.1) is 12.8 Å². The first-order valence-electron chi connectivity index (χ1n) is 5.78. The minimum absolute atomic E-state index is 0.195. The van der Waals surface area contributed by atoms with Crippen LogP contribution in [0.15, 0.2) is 6.07 Å². The molecular formula is C11H18N4O2. The van der Waals surface area contributed by atoms with E-state index in [2.05, 4.69) is 15.7 Å². The van der Waals surface area contributed by atoms with Crippen molar-refractivity contribution in [1.82, 2.24) is 15.1 Å². The number of carbonyl (C=O) groups is 1. The smallest absolute Gasteiger partial charge is 0.320 e. The third-order valence-corrected chi connectivity index (χ3v) is 2.82. The fourth-order valence-corrected chi connectivity index (χ4v) is 1.87. The summed E-state index contributed by atoms with van der Waals surface area (Å²) in [6.45, 7) is 4.08. The van der Waals surface area contributed by atoms with Crippen LogP contribution in [0.5, 0.6) is 0 Å². The number of aromatic nitrogens is 2. The van der Waals surface area contributed by atoms with Gasteiger partial charge in [-0.05, 0) is 13.3 Å². The number of hydrogen-bond donors (Lipinski definition) is 2. The van der Waals surface area contributed by atoms with Gasteiger partial charge in [-0.3, -0.25) is 10.00 Å². The zero-order chi connectivity index (χ0) is 12.3. The second-order valence-corrected chi connectivity index (χ2v) is 4.36. The highest BCUT2D eigenvalue weighted by Crippen LogP contribution is 2.11. The van der Waals surface area contributed by atoms with Crippen LogP contribution in [0.4, 0.5) is 10.6 Å². The molecule has 17 heavy (non-hydrogen) atoms. The Morgan fingerprint density at radius 3 is 3.12 bits per heavy atom. The first kappa shape index (κ1) is 11.9. The summed E-state index contributed by atoms with van der Waals surface area (Å²) in [5.74, 6) is 1.14. The molecule has 94 valence electrons. The number of anilines is 1. The number of ether oxygens (including phenoxy) is 1. The van der Waals surface area contributed by atoms with Crippen molar-refractivity contribution in [3.63, 3.8) is 0 Å². The molecule has 0 radical (unpaired) electrons. The average molecular weight is 238 g/mol. The minimum Gasteiger partial charge on any atom is -0.381 e. The van der Waals surface area contributed by atoms with E-state index in [1.165, 1.54) is 0 Å². The summed E-state index contributed by atoms with van der Waals surface area (Å²) in [7, 11) is 1.80. The number of aryl methyl sites for hydroxylation is 2. The summed E-state index contributed by atoms with van der Waals surface area (Å²) < 4.78 is 6.89. The van der Waals surface area contributed by atoms with Gasteiger partial charge in [0.1, 0.15) is 5.82 Å². The molecule has 0 unspecified atom stereocenters. The van der Waals surface area contributed by atoms with Crippen molar-refractivity contribution < 1.29 is 9.53 Å². The van der Waals surface area contributed by atoms with Crippen LogP contribution < -0.4 is 10.6 Å². The molecular weight excluding hydrogens is 220 g/mol. The van der Waals surface area contributed by atoms with E-state index in [1.54, 1.807) is 11.7 Å². The van der Waals surface area contributed by atoms with Gasteiger partial charge in [-0.2, -0.15) is 5.10 Å². The predicted molar refractivity (Wildman–Crippen MR) is 63.9 cm³/mol. The van der Waals surface area contributed by atoms with Gasteiger partial charge in [0.05, 0.1) is 12.3 Å². The van der Waals surface area contributed by atoms with Gasteiger partial charge in [-0.15, -0.1) is 0 Å². The number of rotatable bonds is 3. The summed E-state index contributed by atoms with van der Waals surface area (Å²) >= 11 is 0. The zero-order valence-corrected chi connectivity index (χ0v) is 10.2. The Hall–Kier alpha value is -1.56. The standard InChI is InChI=1S/C11H18N4O2/c1-8-5-10(15(2)14-8)13-11(16)12-6-9-3-4-17-7-9/h5,9H,3-4,6-7H2,1-2H3,(H2,12,13,16)/t9-/m0/s1.